The molecule has 1 aliphatic rings. The minimum Gasteiger partial charge on any atom is -0.348 e. The number of aryl methyl sites for hydroxylation is 1. The van der Waals surface area contributed by atoms with Gasteiger partial charge in [-0.15, -0.1) is 0 Å². The molecular formula is C20H23N5OS2. The van der Waals surface area contributed by atoms with Gasteiger partial charge >= 0.3 is 0 Å². The highest BCUT2D eigenvalue weighted by Crippen LogP contribution is 2.35. The Hall–Kier alpha value is -2.19. The van der Waals surface area contributed by atoms with Gasteiger partial charge in [-0.2, -0.15) is 4.98 Å². The Morgan fingerprint density at radius 1 is 1.39 bits per heavy atom. The minimum atomic E-state index is -0.0445. The number of nitrogens with one attached hydrogen (secondary N) is 1. The Morgan fingerprint density at radius 3 is 3.11 bits per heavy atom. The second-order valence-electron chi connectivity index (χ2n) is 7.23. The van der Waals surface area contributed by atoms with E-state index in [9.17, 15) is 4.79 Å². The maximum Gasteiger partial charge on any atom is 0.234 e. The number of piperidine rings is 1. The van der Waals surface area contributed by atoms with Crippen LogP contribution in [0.4, 0.5) is 10.8 Å². The number of thiazole rings is 1. The van der Waals surface area contributed by atoms with Crippen molar-refractivity contribution in [2.45, 2.75) is 31.7 Å². The van der Waals surface area contributed by atoms with Crippen molar-refractivity contribution in [3.05, 3.63) is 36.2 Å². The van der Waals surface area contributed by atoms with Crippen LogP contribution in [0, 0.1) is 12.8 Å². The lowest BCUT2D eigenvalue weighted by molar-refractivity contribution is -0.113. The summed E-state index contributed by atoms with van der Waals surface area (Å²) >= 11 is 3.06. The molecule has 1 fully saturated rings. The van der Waals surface area contributed by atoms with E-state index in [1.165, 1.54) is 30.9 Å². The van der Waals surface area contributed by atoms with Gasteiger partial charge in [-0.1, -0.05) is 42.2 Å². The summed E-state index contributed by atoms with van der Waals surface area (Å²) in [7, 11) is 0. The predicted molar refractivity (Wildman–Crippen MR) is 116 cm³/mol. The van der Waals surface area contributed by atoms with Crippen LogP contribution in [0.25, 0.3) is 10.3 Å². The van der Waals surface area contributed by atoms with Crippen molar-refractivity contribution in [3.8, 4) is 0 Å². The lowest BCUT2D eigenvalue weighted by Crippen LogP contribution is -2.34. The largest absolute Gasteiger partial charge is 0.348 e. The Bertz CT molecular complexity index is 990. The highest BCUT2D eigenvalue weighted by Gasteiger charge is 2.21. The summed E-state index contributed by atoms with van der Waals surface area (Å²) in [6.07, 6.45) is 4.01. The zero-order valence-corrected chi connectivity index (χ0v) is 17.6. The van der Waals surface area contributed by atoms with Crippen LogP contribution in [0.15, 0.2) is 35.6 Å². The van der Waals surface area contributed by atoms with E-state index in [1.54, 1.807) is 11.3 Å². The predicted octanol–water partition coefficient (Wildman–Crippen LogP) is 4.36. The quantitative estimate of drug-likeness (QED) is 0.495. The number of carbonyl (C=O) groups is 1. The maximum absolute atomic E-state index is 12.3. The molecule has 1 aliphatic heterocycles. The molecule has 0 unspecified atom stereocenters. The lowest BCUT2D eigenvalue weighted by atomic mass is 10.0. The van der Waals surface area contributed by atoms with Crippen molar-refractivity contribution in [2.24, 2.45) is 5.92 Å². The summed E-state index contributed by atoms with van der Waals surface area (Å²) in [5.41, 5.74) is 2.65. The number of carbonyl (C=O) groups excluding carboxylic acids is 1. The second kappa shape index (κ2) is 8.45. The van der Waals surface area contributed by atoms with E-state index in [-0.39, 0.29) is 5.91 Å². The number of hydrogen-bond acceptors (Lipinski definition) is 7. The molecule has 3 aromatic rings. The molecule has 28 heavy (non-hydrogen) atoms. The molecule has 146 valence electrons. The van der Waals surface area contributed by atoms with Crippen LogP contribution >= 0.6 is 23.1 Å². The first-order valence-electron chi connectivity index (χ1n) is 9.44. The highest BCUT2D eigenvalue weighted by atomic mass is 32.2. The molecule has 1 amide bonds. The average Bonchev–Trinajstić information content (AvgIpc) is 3.11. The van der Waals surface area contributed by atoms with Crippen molar-refractivity contribution in [3.63, 3.8) is 0 Å². The molecule has 8 heteroatoms. The summed E-state index contributed by atoms with van der Waals surface area (Å²) < 4.78 is 0.962. The summed E-state index contributed by atoms with van der Waals surface area (Å²) in [6, 6.07) is 7.80. The Morgan fingerprint density at radius 2 is 2.29 bits per heavy atom. The Kier molecular flexibility index (Phi) is 5.77. The van der Waals surface area contributed by atoms with E-state index in [4.69, 9.17) is 4.98 Å². The van der Waals surface area contributed by atoms with E-state index in [0.29, 0.717) is 11.7 Å². The molecule has 3 heterocycles. The van der Waals surface area contributed by atoms with Gasteiger partial charge in [0.25, 0.3) is 0 Å². The summed E-state index contributed by atoms with van der Waals surface area (Å²) in [6.45, 7) is 6.37. The van der Waals surface area contributed by atoms with E-state index >= 15 is 0 Å². The molecule has 1 atom stereocenters. The summed E-state index contributed by atoms with van der Waals surface area (Å²) in [5.74, 6) is 0.941. The van der Waals surface area contributed by atoms with Crippen LogP contribution in [0.2, 0.25) is 0 Å². The van der Waals surface area contributed by atoms with Crippen molar-refractivity contribution < 1.29 is 4.79 Å². The molecule has 0 spiro atoms. The first-order chi connectivity index (χ1) is 13.6. The molecule has 0 saturated carbocycles. The molecule has 0 bridgehead atoms. The topological polar surface area (TPSA) is 71.0 Å². The van der Waals surface area contributed by atoms with Crippen molar-refractivity contribution in [1.82, 2.24) is 15.0 Å². The van der Waals surface area contributed by atoms with Crippen LogP contribution in [0.3, 0.4) is 0 Å². The number of thioether (sulfide) groups is 1. The zero-order valence-electron chi connectivity index (χ0n) is 16.0. The third kappa shape index (κ3) is 4.44. The summed E-state index contributed by atoms with van der Waals surface area (Å²) in [5, 5.41) is 4.76. The normalized spacial score (nSPS) is 17.1. The van der Waals surface area contributed by atoms with Crippen molar-refractivity contribution in [2.75, 3.05) is 29.1 Å². The molecule has 1 N–H and O–H groups in total. The van der Waals surface area contributed by atoms with E-state index < -0.39 is 0 Å². The van der Waals surface area contributed by atoms with Gasteiger partial charge in [0.1, 0.15) is 16.1 Å². The average molecular weight is 414 g/mol. The van der Waals surface area contributed by atoms with Gasteiger partial charge in [-0.3, -0.25) is 4.79 Å². The number of fused-ring (bicyclic) bond motifs is 1. The van der Waals surface area contributed by atoms with Gasteiger partial charge in [0.2, 0.25) is 5.91 Å². The van der Waals surface area contributed by atoms with Crippen LogP contribution in [0.5, 0.6) is 0 Å². The molecule has 1 saturated heterocycles. The smallest absolute Gasteiger partial charge is 0.234 e. The van der Waals surface area contributed by atoms with Gasteiger partial charge in [0, 0.05) is 18.8 Å². The van der Waals surface area contributed by atoms with Crippen LogP contribution in [-0.2, 0) is 4.79 Å². The fourth-order valence-corrected chi connectivity index (χ4v) is 5.30. The Labute approximate surface area is 172 Å². The SMILES string of the molecule is Cc1cccc(NC(=O)CSc2ncnc3nc(N4CCC[C@@H](C)C4)sc23)c1. The van der Waals surface area contributed by atoms with E-state index in [1.807, 2.05) is 31.2 Å². The number of rotatable bonds is 5. The monoisotopic (exact) mass is 413 g/mol. The second-order valence-corrected chi connectivity index (χ2v) is 9.17. The van der Waals surface area contributed by atoms with Gasteiger partial charge < -0.3 is 10.2 Å². The third-order valence-electron chi connectivity index (χ3n) is 4.72. The zero-order chi connectivity index (χ0) is 19.5. The lowest BCUT2D eigenvalue weighted by Gasteiger charge is -2.30. The molecule has 4 rings (SSSR count). The fraction of sp³-hybridized carbons (Fsp3) is 0.400. The molecule has 2 aromatic heterocycles. The number of hydrogen-bond donors (Lipinski definition) is 1. The van der Waals surface area contributed by atoms with Crippen molar-refractivity contribution in [1.29, 1.82) is 0 Å². The van der Waals surface area contributed by atoms with Crippen LogP contribution in [0.1, 0.15) is 25.3 Å². The number of nitrogens with zero attached hydrogens (tertiary/aromatic N) is 4. The van der Waals surface area contributed by atoms with Gasteiger partial charge in [-0.05, 0) is 43.4 Å². The number of aromatic nitrogens is 3. The fourth-order valence-electron chi connectivity index (χ4n) is 3.38. The number of anilines is 2. The van der Waals surface area contributed by atoms with Gasteiger partial charge in [-0.25, -0.2) is 9.97 Å². The highest BCUT2D eigenvalue weighted by molar-refractivity contribution is 8.00. The molecule has 6 nitrogen and oxygen atoms in total. The number of amides is 1. The first-order valence-corrected chi connectivity index (χ1v) is 11.2. The van der Waals surface area contributed by atoms with Crippen LogP contribution in [-0.4, -0.2) is 39.7 Å². The standard InChI is InChI=1S/C20H23N5OS2/c1-13-5-3-7-15(9-13)23-16(26)11-27-19-17-18(21-12-22-19)24-20(28-17)25-8-4-6-14(2)10-25/h3,5,7,9,12,14H,4,6,8,10-11H2,1-2H3,(H,23,26)/t14-/m1/s1. The summed E-state index contributed by atoms with van der Waals surface area (Å²) in [4.78, 5) is 28.1. The molecule has 0 radical (unpaired) electrons. The Balaban J connectivity index is 1.45. The maximum atomic E-state index is 12.3. The van der Waals surface area contributed by atoms with Crippen LogP contribution < -0.4 is 10.2 Å². The van der Waals surface area contributed by atoms with Gasteiger partial charge in [0.15, 0.2) is 10.8 Å². The first kappa shape index (κ1) is 19.1. The molecule has 0 aliphatic carbocycles. The van der Waals surface area contributed by atoms with E-state index in [0.717, 1.165) is 44.8 Å². The van der Waals surface area contributed by atoms with Gasteiger partial charge in [0.05, 0.1) is 5.75 Å². The number of benzene rings is 1. The molecular weight excluding hydrogens is 390 g/mol. The minimum absolute atomic E-state index is 0.0445. The third-order valence-corrected chi connectivity index (χ3v) is 6.95. The van der Waals surface area contributed by atoms with E-state index in [2.05, 4.69) is 27.1 Å². The van der Waals surface area contributed by atoms with Crippen molar-refractivity contribution >= 4 is 50.2 Å². The molecule has 1 aromatic carbocycles.